The van der Waals surface area contributed by atoms with Crippen LogP contribution in [-0.2, 0) is 11.3 Å². The lowest BCUT2D eigenvalue weighted by atomic mass is 9.88. The van der Waals surface area contributed by atoms with Gasteiger partial charge in [0, 0.05) is 36.9 Å². The maximum atomic E-state index is 13.9. The second-order valence-corrected chi connectivity index (χ2v) is 8.18. The highest BCUT2D eigenvalue weighted by Gasteiger charge is 2.45. The highest BCUT2D eigenvalue weighted by molar-refractivity contribution is 5.79. The van der Waals surface area contributed by atoms with Crippen LogP contribution in [0.15, 0.2) is 42.7 Å². The summed E-state index contributed by atoms with van der Waals surface area (Å²) < 4.78 is 15.7. The van der Waals surface area contributed by atoms with Crippen LogP contribution in [0.4, 0.5) is 4.39 Å². The number of amides is 1. The van der Waals surface area contributed by atoms with Gasteiger partial charge in [0.2, 0.25) is 5.91 Å². The van der Waals surface area contributed by atoms with Crippen molar-refractivity contribution >= 4 is 5.91 Å². The number of rotatable bonds is 4. The third-order valence-corrected chi connectivity index (χ3v) is 6.20. The number of hydrogen-bond donors (Lipinski definition) is 1. The Bertz CT molecular complexity index is 794. The number of nitrogens with one attached hydrogen (secondary N) is 1. The summed E-state index contributed by atoms with van der Waals surface area (Å²) in [7, 11) is 0. The normalized spacial score (nSPS) is 26.4. The minimum atomic E-state index is -0.211. The van der Waals surface area contributed by atoms with Crippen LogP contribution in [0.1, 0.15) is 44.1 Å². The van der Waals surface area contributed by atoms with Gasteiger partial charge in [-0.3, -0.25) is 9.48 Å². The van der Waals surface area contributed by atoms with Gasteiger partial charge in [-0.1, -0.05) is 31.9 Å². The van der Waals surface area contributed by atoms with Crippen molar-refractivity contribution in [2.24, 2.45) is 5.92 Å². The summed E-state index contributed by atoms with van der Waals surface area (Å²) in [5.74, 6) is -0.0552. The number of likely N-dealkylation sites (tertiary alicyclic amines) is 1. The molecule has 0 saturated carbocycles. The van der Waals surface area contributed by atoms with E-state index in [1.54, 1.807) is 18.3 Å². The second-order valence-electron chi connectivity index (χ2n) is 8.18. The fraction of sp³-hybridized carbons (Fsp3) is 0.545. The molecule has 0 bridgehead atoms. The Labute approximate surface area is 165 Å². The maximum absolute atomic E-state index is 13.9. The summed E-state index contributed by atoms with van der Waals surface area (Å²) in [6.07, 6.45) is 8.11. The fourth-order valence-corrected chi connectivity index (χ4v) is 4.81. The third kappa shape index (κ3) is 3.97. The Hall–Kier alpha value is -2.21. The Morgan fingerprint density at radius 3 is 3.00 bits per heavy atom. The molecule has 2 aliphatic heterocycles. The molecule has 0 radical (unpaired) electrons. The maximum Gasteiger partial charge on any atom is 0.227 e. The zero-order valence-electron chi connectivity index (χ0n) is 16.4. The van der Waals surface area contributed by atoms with E-state index in [9.17, 15) is 9.18 Å². The molecule has 0 aliphatic carbocycles. The van der Waals surface area contributed by atoms with Gasteiger partial charge in [-0.15, -0.1) is 0 Å². The predicted molar refractivity (Wildman–Crippen MR) is 106 cm³/mol. The summed E-state index contributed by atoms with van der Waals surface area (Å²) in [6.45, 7) is 4.16. The number of aromatic nitrogens is 2. The predicted octanol–water partition coefficient (Wildman–Crippen LogP) is 3.19. The SMILES string of the molecule is CC(Cn1cccn1)C(=O)N1C[C@@H](c2cccc(F)c2)[C@@H]2NCCCCC[C@H]21. The summed E-state index contributed by atoms with van der Waals surface area (Å²) in [6, 6.07) is 9.10. The zero-order valence-corrected chi connectivity index (χ0v) is 16.4. The van der Waals surface area contributed by atoms with Crippen LogP contribution in [0.25, 0.3) is 0 Å². The number of carbonyl (C=O) groups excluding carboxylic acids is 1. The summed E-state index contributed by atoms with van der Waals surface area (Å²) >= 11 is 0. The quantitative estimate of drug-likeness (QED) is 0.881. The number of nitrogens with zero attached hydrogens (tertiary/aromatic N) is 3. The van der Waals surface area contributed by atoms with Crippen molar-refractivity contribution in [2.75, 3.05) is 13.1 Å². The van der Waals surface area contributed by atoms with Gasteiger partial charge in [0.1, 0.15) is 5.82 Å². The van der Waals surface area contributed by atoms with Crippen LogP contribution < -0.4 is 5.32 Å². The lowest BCUT2D eigenvalue weighted by Crippen LogP contribution is -2.48. The summed E-state index contributed by atoms with van der Waals surface area (Å²) in [5.41, 5.74) is 0.984. The molecule has 4 atom stereocenters. The number of carbonyl (C=O) groups is 1. The average Bonchev–Trinajstić information content (AvgIpc) is 3.28. The molecule has 2 fully saturated rings. The molecule has 2 aliphatic rings. The van der Waals surface area contributed by atoms with Gasteiger partial charge >= 0.3 is 0 Å². The zero-order chi connectivity index (χ0) is 19.5. The number of benzene rings is 1. The molecule has 1 unspecified atom stereocenters. The Balaban J connectivity index is 1.57. The molecular weight excluding hydrogens is 355 g/mol. The van der Waals surface area contributed by atoms with E-state index in [2.05, 4.69) is 15.3 Å². The molecule has 1 N–H and O–H groups in total. The van der Waals surface area contributed by atoms with Crippen LogP contribution in [-0.4, -0.2) is 45.8 Å². The molecular formula is C22H29FN4O. The molecule has 3 heterocycles. The smallest absolute Gasteiger partial charge is 0.227 e. The highest BCUT2D eigenvalue weighted by Crippen LogP contribution is 2.36. The van der Waals surface area contributed by atoms with E-state index in [1.165, 1.54) is 12.5 Å². The summed E-state index contributed by atoms with van der Waals surface area (Å²) in [5, 5.41) is 7.93. The standard InChI is InChI=1S/C22H29FN4O/c1-16(14-26-12-6-11-25-26)22(28)27-15-19(17-7-5-8-18(23)13-17)21-20(27)9-3-2-4-10-24-21/h5-8,11-13,16,19-21,24H,2-4,9-10,14-15H2,1H3/t16?,19-,20+,21-/m0/s1. The van der Waals surface area contributed by atoms with E-state index >= 15 is 0 Å². The Morgan fingerprint density at radius 1 is 1.32 bits per heavy atom. The molecule has 1 aromatic heterocycles. The largest absolute Gasteiger partial charge is 0.337 e. The highest BCUT2D eigenvalue weighted by atomic mass is 19.1. The number of fused-ring (bicyclic) bond motifs is 1. The van der Waals surface area contributed by atoms with E-state index in [1.807, 2.05) is 29.9 Å². The van der Waals surface area contributed by atoms with Gasteiger partial charge in [-0.25, -0.2) is 4.39 Å². The first-order chi connectivity index (χ1) is 13.6. The minimum Gasteiger partial charge on any atom is -0.337 e. The first-order valence-electron chi connectivity index (χ1n) is 10.4. The van der Waals surface area contributed by atoms with Crippen LogP contribution in [0.3, 0.4) is 0 Å². The fourth-order valence-electron chi connectivity index (χ4n) is 4.81. The minimum absolute atomic E-state index is 0.125. The Kier molecular flexibility index (Phi) is 5.76. The molecule has 4 rings (SSSR count). The molecule has 28 heavy (non-hydrogen) atoms. The first kappa shape index (κ1) is 19.1. The Morgan fingerprint density at radius 2 is 2.21 bits per heavy atom. The topological polar surface area (TPSA) is 50.2 Å². The molecule has 2 aromatic rings. The van der Waals surface area contributed by atoms with E-state index in [-0.39, 0.29) is 35.6 Å². The van der Waals surface area contributed by atoms with Crippen molar-refractivity contribution in [3.05, 3.63) is 54.1 Å². The van der Waals surface area contributed by atoms with Gasteiger partial charge in [0.05, 0.1) is 12.5 Å². The van der Waals surface area contributed by atoms with E-state index in [0.717, 1.165) is 31.4 Å². The van der Waals surface area contributed by atoms with Crippen LogP contribution in [0.2, 0.25) is 0 Å². The third-order valence-electron chi connectivity index (χ3n) is 6.20. The molecule has 1 aromatic carbocycles. The first-order valence-corrected chi connectivity index (χ1v) is 10.4. The molecule has 6 heteroatoms. The van der Waals surface area contributed by atoms with Gasteiger partial charge in [-0.05, 0) is 43.1 Å². The van der Waals surface area contributed by atoms with Gasteiger partial charge in [-0.2, -0.15) is 5.10 Å². The number of hydrogen-bond acceptors (Lipinski definition) is 3. The molecule has 2 saturated heterocycles. The van der Waals surface area contributed by atoms with Crippen molar-refractivity contribution in [1.82, 2.24) is 20.0 Å². The lowest BCUT2D eigenvalue weighted by Gasteiger charge is -2.32. The van der Waals surface area contributed by atoms with Gasteiger partial charge in [0.25, 0.3) is 0 Å². The van der Waals surface area contributed by atoms with Crippen molar-refractivity contribution in [1.29, 1.82) is 0 Å². The monoisotopic (exact) mass is 384 g/mol. The second kappa shape index (κ2) is 8.43. The summed E-state index contributed by atoms with van der Waals surface area (Å²) in [4.78, 5) is 15.4. The van der Waals surface area contributed by atoms with Crippen LogP contribution >= 0.6 is 0 Å². The van der Waals surface area contributed by atoms with Crippen molar-refractivity contribution in [3.8, 4) is 0 Å². The lowest BCUT2D eigenvalue weighted by molar-refractivity contribution is -0.136. The molecule has 150 valence electrons. The van der Waals surface area contributed by atoms with Gasteiger partial charge in [0.15, 0.2) is 0 Å². The van der Waals surface area contributed by atoms with E-state index in [0.29, 0.717) is 13.1 Å². The van der Waals surface area contributed by atoms with Crippen LogP contribution in [0, 0.1) is 11.7 Å². The number of halogens is 1. The van der Waals surface area contributed by atoms with E-state index in [4.69, 9.17) is 0 Å². The van der Waals surface area contributed by atoms with Crippen molar-refractivity contribution in [3.63, 3.8) is 0 Å². The molecule has 5 nitrogen and oxygen atoms in total. The van der Waals surface area contributed by atoms with Crippen molar-refractivity contribution < 1.29 is 9.18 Å². The van der Waals surface area contributed by atoms with E-state index < -0.39 is 0 Å². The van der Waals surface area contributed by atoms with Gasteiger partial charge < -0.3 is 10.2 Å². The van der Waals surface area contributed by atoms with Crippen molar-refractivity contribution in [2.45, 2.75) is 57.2 Å². The average molecular weight is 384 g/mol. The molecule has 0 spiro atoms. The molecule has 1 amide bonds. The van der Waals surface area contributed by atoms with Crippen LogP contribution in [0.5, 0.6) is 0 Å².